The molecule has 1 N–H and O–H groups in total. The van der Waals surface area contributed by atoms with Crippen LogP contribution in [0.3, 0.4) is 0 Å². The summed E-state index contributed by atoms with van der Waals surface area (Å²) >= 11 is 0. The van der Waals surface area contributed by atoms with Gasteiger partial charge in [0.25, 0.3) is 0 Å². The molecule has 8 heteroatoms. The number of carbonyl (C=O) groups excluding carboxylic acids is 2. The Morgan fingerprint density at radius 2 is 1.10 bits per heavy atom. The van der Waals surface area contributed by atoms with Gasteiger partial charge in [-0.2, -0.15) is 0 Å². The van der Waals surface area contributed by atoms with E-state index in [1.807, 2.05) is 21.1 Å². The van der Waals surface area contributed by atoms with Crippen LogP contribution in [0.15, 0.2) is 72.9 Å². The number of hydrogen-bond donors (Lipinski definition) is 1. The minimum absolute atomic E-state index is 0.0319. The number of ether oxygens (including phenoxy) is 3. The van der Waals surface area contributed by atoms with E-state index in [1.165, 1.54) is 25.7 Å². The molecule has 0 spiro atoms. The standard InChI is InChI=1S/C44H73NO7/c1-6-8-10-12-14-16-18-19-20-21-22-23-25-27-29-31-33-35-43(47)52-40(38-50-37-36-41(44(48)49)45(3,4)5)39-51-42(46)34-32-30-28-26-24-17-15-13-11-9-7-2/h8,10,13-16,19-20,22-23,27,29,40-41H,6-7,9,11-12,17-18,21,24-26,28,30-39H2,1-5H3/p+1/b10-8+,15-13+,16-14+,20-19+,23-22+,29-27+. The Labute approximate surface area is 317 Å². The number of carbonyl (C=O) groups is 3. The van der Waals surface area contributed by atoms with Crippen molar-refractivity contribution in [2.45, 2.75) is 148 Å². The summed E-state index contributed by atoms with van der Waals surface area (Å²) in [6, 6.07) is -0.628. The third-order valence-electron chi connectivity index (χ3n) is 8.34. The fraction of sp³-hybridized carbons (Fsp3) is 0.659. The van der Waals surface area contributed by atoms with E-state index in [1.54, 1.807) is 0 Å². The fourth-order valence-electron chi connectivity index (χ4n) is 5.22. The van der Waals surface area contributed by atoms with Crippen LogP contribution in [0.25, 0.3) is 0 Å². The van der Waals surface area contributed by atoms with Crippen LogP contribution in [-0.2, 0) is 28.6 Å². The second-order valence-corrected chi connectivity index (χ2v) is 14.1. The zero-order valence-corrected chi connectivity index (χ0v) is 33.5. The summed E-state index contributed by atoms with van der Waals surface area (Å²) in [5, 5.41) is 9.59. The second-order valence-electron chi connectivity index (χ2n) is 14.1. The lowest BCUT2D eigenvalue weighted by Crippen LogP contribution is -2.50. The van der Waals surface area contributed by atoms with E-state index >= 15 is 0 Å². The van der Waals surface area contributed by atoms with Gasteiger partial charge in [-0.05, 0) is 70.6 Å². The van der Waals surface area contributed by atoms with Gasteiger partial charge in [-0.1, -0.05) is 119 Å². The van der Waals surface area contributed by atoms with Crippen molar-refractivity contribution in [2.75, 3.05) is 41.0 Å². The summed E-state index contributed by atoms with van der Waals surface area (Å²) in [4.78, 5) is 36.8. The van der Waals surface area contributed by atoms with E-state index in [0.29, 0.717) is 19.3 Å². The quantitative estimate of drug-likeness (QED) is 0.0305. The molecule has 0 aromatic rings. The normalized spacial score (nSPS) is 13.8. The summed E-state index contributed by atoms with van der Waals surface area (Å²) in [6.07, 6.45) is 42.4. The van der Waals surface area contributed by atoms with Crippen molar-refractivity contribution < 1.29 is 38.2 Å². The lowest BCUT2D eigenvalue weighted by Gasteiger charge is -2.31. The van der Waals surface area contributed by atoms with E-state index in [9.17, 15) is 19.5 Å². The molecule has 0 aliphatic heterocycles. The van der Waals surface area contributed by atoms with Crippen molar-refractivity contribution in [3.8, 4) is 0 Å². The van der Waals surface area contributed by atoms with Gasteiger partial charge in [-0.15, -0.1) is 0 Å². The molecule has 296 valence electrons. The first-order chi connectivity index (χ1) is 25.1. The van der Waals surface area contributed by atoms with E-state index in [2.05, 4.69) is 86.8 Å². The summed E-state index contributed by atoms with van der Waals surface area (Å²) < 4.78 is 17.1. The average molecular weight is 729 g/mol. The zero-order valence-electron chi connectivity index (χ0n) is 33.5. The maximum atomic E-state index is 12.7. The molecule has 8 nitrogen and oxygen atoms in total. The minimum Gasteiger partial charge on any atom is -0.477 e. The molecule has 0 saturated heterocycles. The maximum Gasteiger partial charge on any atom is 0.362 e. The van der Waals surface area contributed by atoms with Crippen molar-refractivity contribution in [1.29, 1.82) is 0 Å². The Balaban J connectivity index is 4.53. The number of hydrogen-bond acceptors (Lipinski definition) is 6. The first-order valence-corrected chi connectivity index (χ1v) is 20.0. The Morgan fingerprint density at radius 3 is 1.67 bits per heavy atom. The van der Waals surface area contributed by atoms with Crippen molar-refractivity contribution in [1.82, 2.24) is 0 Å². The second kappa shape index (κ2) is 34.8. The molecule has 0 aromatic carbocycles. The van der Waals surface area contributed by atoms with E-state index < -0.39 is 18.1 Å². The van der Waals surface area contributed by atoms with Crippen LogP contribution in [0.4, 0.5) is 0 Å². The van der Waals surface area contributed by atoms with Gasteiger partial charge in [-0.3, -0.25) is 9.59 Å². The topological polar surface area (TPSA) is 99.1 Å². The van der Waals surface area contributed by atoms with Gasteiger partial charge in [0.1, 0.15) is 6.61 Å². The van der Waals surface area contributed by atoms with Gasteiger partial charge in [0.2, 0.25) is 0 Å². The zero-order chi connectivity index (χ0) is 38.5. The third-order valence-corrected chi connectivity index (χ3v) is 8.34. The van der Waals surface area contributed by atoms with Crippen LogP contribution in [0.2, 0.25) is 0 Å². The average Bonchev–Trinajstić information content (AvgIpc) is 3.09. The van der Waals surface area contributed by atoms with Crippen LogP contribution >= 0.6 is 0 Å². The number of aliphatic carboxylic acids is 1. The number of carboxylic acids is 1. The van der Waals surface area contributed by atoms with Gasteiger partial charge in [0.15, 0.2) is 12.1 Å². The fourth-order valence-corrected chi connectivity index (χ4v) is 5.22. The first-order valence-electron chi connectivity index (χ1n) is 20.0. The largest absolute Gasteiger partial charge is 0.477 e. The molecule has 0 rings (SSSR count). The Morgan fingerprint density at radius 1 is 0.596 bits per heavy atom. The number of esters is 2. The first kappa shape index (κ1) is 48.8. The SMILES string of the molecule is CC/C=C/C/C=C/C/C=C/C/C=C/C/C=C/CCCC(=O)OC(COCCC(C(=O)O)[N+](C)(C)C)COC(=O)CCCCCCC/C=C/CCCC. The van der Waals surface area contributed by atoms with Crippen LogP contribution in [0, 0.1) is 0 Å². The number of nitrogens with zero attached hydrogens (tertiary/aromatic N) is 1. The Bertz CT molecular complexity index is 1080. The van der Waals surface area contributed by atoms with Gasteiger partial charge in [-0.25, -0.2) is 4.79 Å². The molecule has 0 radical (unpaired) electrons. The molecule has 0 aliphatic carbocycles. The van der Waals surface area contributed by atoms with Crippen molar-refractivity contribution in [2.24, 2.45) is 0 Å². The van der Waals surface area contributed by atoms with Crippen LogP contribution in [0.1, 0.15) is 136 Å². The molecule has 0 aliphatic rings. The van der Waals surface area contributed by atoms with E-state index in [-0.39, 0.29) is 42.7 Å². The molecule has 52 heavy (non-hydrogen) atoms. The van der Waals surface area contributed by atoms with Crippen LogP contribution in [0.5, 0.6) is 0 Å². The number of rotatable bonds is 34. The summed E-state index contributed by atoms with van der Waals surface area (Å²) in [5.74, 6) is -1.57. The van der Waals surface area contributed by atoms with Gasteiger partial charge >= 0.3 is 17.9 Å². The van der Waals surface area contributed by atoms with Crippen LogP contribution < -0.4 is 0 Å². The highest BCUT2D eigenvalue weighted by Gasteiger charge is 2.31. The van der Waals surface area contributed by atoms with Gasteiger partial charge < -0.3 is 23.8 Å². The third kappa shape index (κ3) is 32.7. The van der Waals surface area contributed by atoms with Crippen LogP contribution in [-0.4, -0.2) is 80.6 Å². The molecule has 0 heterocycles. The van der Waals surface area contributed by atoms with Crippen molar-refractivity contribution in [3.63, 3.8) is 0 Å². The molecule has 0 aromatic heterocycles. The summed E-state index contributed by atoms with van der Waals surface area (Å²) in [7, 11) is 5.49. The number of quaternary nitrogens is 1. The molecule has 2 atom stereocenters. The van der Waals surface area contributed by atoms with E-state index in [0.717, 1.165) is 70.6 Å². The number of unbranched alkanes of at least 4 members (excludes halogenated alkanes) is 8. The molecule has 2 unspecified atom stereocenters. The highest BCUT2D eigenvalue weighted by atomic mass is 16.6. The number of carboxylic acid groups (broad SMARTS) is 1. The lowest BCUT2D eigenvalue weighted by atomic mass is 10.1. The molecular weight excluding hydrogens is 654 g/mol. The molecule has 0 saturated carbocycles. The van der Waals surface area contributed by atoms with Gasteiger partial charge in [0, 0.05) is 19.3 Å². The van der Waals surface area contributed by atoms with E-state index in [4.69, 9.17) is 14.2 Å². The highest BCUT2D eigenvalue weighted by molar-refractivity contribution is 5.72. The number of allylic oxidation sites excluding steroid dienone is 12. The van der Waals surface area contributed by atoms with Gasteiger partial charge in [0.05, 0.1) is 34.4 Å². The molecule has 0 amide bonds. The monoisotopic (exact) mass is 729 g/mol. The number of likely N-dealkylation sites (N-methyl/N-ethyl adjacent to an activating group) is 1. The molecular formula is C44H74NO7+. The Hall–Kier alpha value is -3.23. The predicted molar refractivity (Wildman–Crippen MR) is 215 cm³/mol. The highest BCUT2D eigenvalue weighted by Crippen LogP contribution is 2.12. The predicted octanol–water partition coefficient (Wildman–Crippen LogP) is 10.4. The lowest BCUT2D eigenvalue weighted by molar-refractivity contribution is -0.887. The maximum absolute atomic E-state index is 12.7. The summed E-state index contributed by atoms with van der Waals surface area (Å²) in [5.41, 5.74) is 0. The smallest absolute Gasteiger partial charge is 0.362 e. The molecule has 0 fully saturated rings. The van der Waals surface area contributed by atoms with Crippen molar-refractivity contribution in [3.05, 3.63) is 72.9 Å². The summed E-state index contributed by atoms with van der Waals surface area (Å²) in [6.45, 7) is 4.48. The van der Waals surface area contributed by atoms with Crippen molar-refractivity contribution >= 4 is 17.9 Å². The Kier molecular flexibility index (Phi) is 32.7. The minimum atomic E-state index is -0.889. The molecule has 0 bridgehead atoms.